The summed E-state index contributed by atoms with van der Waals surface area (Å²) in [4.78, 5) is 4.20. The first kappa shape index (κ1) is 13.7. The molecule has 0 saturated carbocycles. The van der Waals surface area contributed by atoms with Crippen LogP contribution in [0.2, 0.25) is 0 Å². The molecule has 4 heteroatoms. The van der Waals surface area contributed by atoms with Crippen LogP contribution in [0.4, 0.5) is 0 Å². The summed E-state index contributed by atoms with van der Waals surface area (Å²) >= 11 is 0. The minimum Gasteiger partial charge on any atom is -0.260 e. The standard InChI is InChI=1S/C15H17NO2S/c1-2-14-9-6-10-16-15(14)12-19(17,18)11-13-7-4-3-5-8-13/h3-10H,2,11-12H2,1H3. The molecule has 1 aromatic carbocycles. The van der Waals surface area contributed by atoms with Crippen LogP contribution in [0.25, 0.3) is 0 Å². The molecule has 1 heterocycles. The maximum atomic E-state index is 12.2. The Balaban J connectivity index is 2.18. The molecular formula is C15H17NO2S. The second-order valence-electron chi connectivity index (χ2n) is 4.48. The molecule has 2 rings (SSSR count). The zero-order valence-electron chi connectivity index (χ0n) is 10.9. The van der Waals surface area contributed by atoms with Crippen molar-refractivity contribution >= 4 is 9.84 Å². The summed E-state index contributed by atoms with van der Waals surface area (Å²) in [6.07, 6.45) is 2.44. The fourth-order valence-electron chi connectivity index (χ4n) is 2.01. The van der Waals surface area contributed by atoms with Gasteiger partial charge in [-0.1, -0.05) is 43.3 Å². The van der Waals surface area contributed by atoms with Crippen molar-refractivity contribution in [2.75, 3.05) is 0 Å². The molecule has 0 aliphatic rings. The summed E-state index contributed by atoms with van der Waals surface area (Å²) in [6, 6.07) is 13.0. The Bertz CT molecular complexity index is 636. The highest BCUT2D eigenvalue weighted by Crippen LogP contribution is 2.14. The van der Waals surface area contributed by atoms with Crippen LogP contribution < -0.4 is 0 Å². The number of nitrogens with zero attached hydrogens (tertiary/aromatic N) is 1. The van der Waals surface area contributed by atoms with Gasteiger partial charge in [-0.25, -0.2) is 8.42 Å². The molecule has 0 spiro atoms. The smallest absolute Gasteiger partial charge is 0.160 e. The van der Waals surface area contributed by atoms with E-state index in [4.69, 9.17) is 0 Å². The molecule has 0 saturated heterocycles. The number of hydrogen-bond donors (Lipinski definition) is 0. The van der Waals surface area contributed by atoms with Gasteiger partial charge in [-0.3, -0.25) is 4.98 Å². The third kappa shape index (κ3) is 3.89. The van der Waals surface area contributed by atoms with E-state index in [0.29, 0.717) is 5.69 Å². The van der Waals surface area contributed by atoms with Gasteiger partial charge in [0.1, 0.15) is 0 Å². The van der Waals surface area contributed by atoms with Gasteiger partial charge in [-0.15, -0.1) is 0 Å². The van der Waals surface area contributed by atoms with Crippen molar-refractivity contribution in [3.8, 4) is 0 Å². The molecule has 0 amide bonds. The summed E-state index contributed by atoms with van der Waals surface area (Å²) < 4.78 is 24.4. The molecule has 0 atom stereocenters. The molecule has 0 radical (unpaired) electrons. The fraction of sp³-hybridized carbons (Fsp3) is 0.267. The Morgan fingerprint density at radius 1 is 1.00 bits per heavy atom. The maximum Gasteiger partial charge on any atom is 0.160 e. The van der Waals surface area contributed by atoms with E-state index in [1.54, 1.807) is 6.20 Å². The van der Waals surface area contributed by atoms with Crippen molar-refractivity contribution in [2.24, 2.45) is 0 Å². The molecule has 100 valence electrons. The van der Waals surface area contributed by atoms with Gasteiger partial charge in [0.15, 0.2) is 9.84 Å². The Morgan fingerprint density at radius 2 is 1.74 bits per heavy atom. The molecule has 0 aliphatic heterocycles. The third-order valence-electron chi connectivity index (χ3n) is 2.95. The predicted octanol–water partition coefficient (Wildman–Crippen LogP) is 2.76. The summed E-state index contributed by atoms with van der Waals surface area (Å²) in [6.45, 7) is 2.00. The average molecular weight is 275 g/mol. The Labute approximate surface area is 114 Å². The molecule has 3 nitrogen and oxygen atoms in total. The van der Waals surface area contributed by atoms with Crippen LogP contribution in [0.3, 0.4) is 0 Å². The van der Waals surface area contributed by atoms with Crippen molar-refractivity contribution in [1.82, 2.24) is 4.98 Å². The van der Waals surface area contributed by atoms with Gasteiger partial charge >= 0.3 is 0 Å². The van der Waals surface area contributed by atoms with Crippen molar-refractivity contribution < 1.29 is 8.42 Å². The van der Waals surface area contributed by atoms with E-state index in [1.807, 2.05) is 49.4 Å². The van der Waals surface area contributed by atoms with Gasteiger partial charge in [0.05, 0.1) is 17.2 Å². The largest absolute Gasteiger partial charge is 0.260 e. The van der Waals surface area contributed by atoms with Gasteiger partial charge in [-0.05, 0) is 23.6 Å². The molecular weight excluding hydrogens is 258 g/mol. The molecule has 0 unspecified atom stereocenters. The number of rotatable bonds is 5. The van der Waals surface area contributed by atoms with Crippen LogP contribution in [0.15, 0.2) is 48.7 Å². The summed E-state index contributed by atoms with van der Waals surface area (Å²) in [5.74, 6) is 0.0689. The number of pyridine rings is 1. The lowest BCUT2D eigenvalue weighted by Crippen LogP contribution is -2.10. The minimum absolute atomic E-state index is 0.00586. The lowest BCUT2D eigenvalue weighted by atomic mass is 10.1. The van der Waals surface area contributed by atoms with Gasteiger partial charge in [-0.2, -0.15) is 0 Å². The highest BCUT2D eigenvalue weighted by atomic mass is 32.2. The molecule has 0 bridgehead atoms. The quantitative estimate of drug-likeness (QED) is 0.843. The predicted molar refractivity (Wildman–Crippen MR) is 76.4 cm³/mol. The highest BCUT2D eigenvalue weighted by Gasteiger charge is 2.15. The summed E-state index contributed by atoms with van der Waals surface area (Å²) in [7, 11) is -3.18. The van der Waals surface area contributed by atoms with Crippen molar-refractivity contribution in [2.45, 2.75) is 24.9 Å². The van der Waals surface area contributed by atoms with Crippen LogP contribution in [0.5, 0.6) is 0 Å². The molecule has 0 aliphatic carbocycles. The molecule has 1 aromatic heterocycles. The van der Waals surface area contributed by atoms with Crippen LogP contribution in [0, 0.1) is 0 Å². The maximum absolute atomic E-state index is 12.2. The lowest BCUT2D eigenvalue weighted by Gasteiger charge is -2.07. The normalized spacial score (nSPS) is 11.4. The topological polar surface area (TPSA) is 47.0 Å². The highest BCUT2D eigenvalue weighted by molar-refractivity contribution is 7.89. The van der Waals surface area contributed by atoms with E-state index in [9.17, 15) is 8.42 Å². The van der Waals surface area contributed by atoms with E-state index in [-0.39, 0.29) is 11.5 Å². The van der Waals surface area contributed by atoms with E-state index in [2.05, 4.69) is 4.98 Å². The minimum atomic E-state index is -3.18. The van der Waals surface area contributed by atoms with Gasteiger partial charge < -0.3 is 0 Å². The first-order valence-corrected chi connectivity index (χ1v) is 8.10. The van der Waals surface area contributed by atoms with E-state index >= 15 is 0 Å². The van der Waals surface area contributed by atoms with Crippen molar-refractivity contribution in [3.63, 3.8) is 0 Å². The Kier molecular flexibility index (Phi) is 4.32. The summed E-state index contributed by atoms with van der Waals surface area (Å²) in [5.41, 5.74) is 2.48. The number of aromatic nitrogens is 1. The van der Waals surface area contributed by atoms with Gasteiger partial charge in [0, 0.05) is 6.20 Å². The van der Waals surface area contributed by atoms with Crippen molar-refractivity contribution in [1.29, 1.82) is 0 Å². The zero-order valence-corrected chi connectivity index (χ0v) is 11.7. The second kappa shape index (κ2) is 5.97. The van der Waals surface area contributed by atoms with Crippen LogP contribution in [-0.2, 0) is 27.8 Å². The number of hydrogen-bond acceptors (Lipinski definition) is 3. The third-order valence-corrected chi connectivity index (χ3v) is 4.44. The SMILES string of the molecule is CCc1cccnc1CS(=O)(=O)Cc1ccccc1. The molecule has 2 aromatic rings. The first-order valence-electron chi connectivity index (χ1n) is 6.28. The zero-order chi connectivity index (χ0) is 13.7. The van der Waals surface area contributed by atoms with E-state index in [0.717, 1.165) is 17.5 Å². The Hall–Kier alpha value is -1.68. The Morgan fingerprint density at radius 3 is 2.42 bits per heavy atom. The number of sulfone groups is 1. The van der Waals surface area contributed by atoms with Gasteiger partial charge in [0.2, 0.25) is 0 Å². The number of benzene rings is 1. The first-order chi connectivity index (χ1) is 9.11. The monoisotopic (exact) mass is 275 g/mol. The summed E-state index contributed by atoms with van der Waals surface area (Å²) in [5, 5.41) is 0. The van der Waals surface area contributed by atoms with Crippen molar-refractivity contribution in [3.05, 3.63) is 65.5 Å². The van der Waals surface area contributed by atoms with Crippen LogP contribution in [0.1, 0.15) is 23.7 Å². The average Bonchev–Trinajstić information content (AvgIpc) is 2.39. The molecule has 0 fully saturated rings. The van der Waals surface area contributed by atoms with Crippen LogP contribution >= 0.6 is 0 Å². The second-order valence-corrected chi connectivity index (χ2v) is 6.55. The number of aryl methyl sites for hydroxylation is 1. The van der Waals surface area contributed by atoms with Crippen LogP contribution in [-0.4, -0.2) is 13.4 Å². The van der Waals surface area contributed by atoms with E-state index < -0.39 is 9.84 Å². The van der Waals surface area contributed by atoms with Gasteiger partial charge in [0.25, 0.3) is 0 Å². The molecule has 0 N–H and O–H groups in total. The fourth-order valence-corrected chi connectivity index (χ4v) is 3.49. The molecule has 19 heavy (non-hydrogen) atoms. The van der Waals surface area contributed by atoms with E-state index in [1.165, 1.54) is 0 Å². The lowest BCUT2D eigenvalue weighted by molar-refractivity contribution is 0.593.